The molecule has 1 aromatic heterocycles. The maximum absolute atomic E-state index is 11.6. The van der Waals surface area contributed by atoms with Gasteiger partial charge in [0.05, 0.1) is 4.88 Å². The summed E-state index contributed by atoms with van der Waals surface area (Å²) >= 11 is 1.37. The number of amides is 2. The van der Waals surface area contributed by atoms with Crippen LogP contribution >= 0.6 is 11.3 Å². The molecule has 0 atom stereocenters. The molecule has 0 saturated heterocycles. The van der Waals surface area contributed by atoms with Crippen LogP contribution in [0, 0.1) is 5.41 Å². The largest absolute Gasteiger partial charge is 0.396 e. The first kappa shape index (κ1) is 15.7. The molecule has 2 amide bonds. The highest BCUT2D eigenvalue weighted by molar-refractivity contribution is 7.12. The second kappa shape index (κ2) is 7.25. The van der Waals surface area contributed by atoms with Crippen LogP contribution in [0.5, 0.6) is 0 Å². The van der Waals surface area contributed by atoms with Crippen molar-refractivity contribution >= 4 is 23.2 Å². The van der Waals surface area contributed by atoms with Gasteiger partial charge in [0.2, 0.25) is 5.91 Å². The van der Waals surface area contributed by atoms with Gasteiger partial charge in [0.25, 0.3) is 5.91 Å². The molecule has 5 nitrogen and oxygen atoms in total. The molecular weight excluding hydrogens is 264 g/mol. The Morgan fingerprint density at radius 1 is 1.37 bits per heavy atom. The molecule has 0 aliphatic rings. The van der Waals surface area contributed by atoms with E-state index in [4.69, 9.17) is 5.11 Å². The smallest absolute Gasteiger partial charge is 0.261 e. The van der Waals surface area contributed by atoms with Gasteiger partial charge in [-0.1, -0.05) is 19.9 Å². The highest BCUT2D eigenvalue weighted by Gasteiger charge is 2.17. The van der Waals surface area contributed by atoms with Crippen molar-refractivity contribution in [2.75, 3.05) is 19.7 Å². The molecular formula is C13H20N2O3S. The molecule has 106 valence electrons. The molecule has 0 radical (unpaired) electrons. The zero-order valence-electron chi connectivity index (χ0n) is 11.2. The Bertz CT molecular complexity index is 416. The van der Waals surface area contributed by atoms with Gasteiger partial charge in [0.1, 0.15) is 0 Å². The Morgan fingerprint density at radius 3 is 2.68 bits per heavy atom. The summed E-state index contributed by atoms with van der Waals surface area (Å²) in [6, 6.07) is 3.55. The quantitative estimate of drug-likeness (QED) is 0.699. The first-order valence-corrected chi connectivity index (χ1v) is 7.02. The van der Waals surface area contributed by atoms with Gasteiger partial charge in [-0.25, -0.2) is 0 Å². The first-order chi connectivity index (χ1) is 8.94. The number of carbonyl (C=O) groups excluding carboxylic acids is 2. The van der Waals surface area contributed by atoms with E-state index in [0.29, 0.717) is 18.0 Å². The maximum atomic E-state index is 11.6. The Hall–Kier alpha value is -1.40. The van der Waals surface area contributed by atoms with Crippen LogP contribution in [0.25, 0.3) is 0 Å². The number of aliphatic hydroxyl groups is 1. The van der Waals surface area contributed by atoms with E-state index >= 15 is 0 Å². The average Bonchev–Trinajstić information content (AvgIpc) is 2.90. The summed E-state index contributed by atoms with van der Waals surface area (Å²) in [5.74, 6) is -0.286. The van der Waals surface area contributed by atoms with Gasteiger partial charge in [-0.2, -0.15) is 0 Å². The Labute approximate surface area is 117 Å². The van der Waals surface area contributed by atoms with Crippen LogP contribution in [0.1, 0.15) is 29.9 Å². The number of nitrogens with one attached hydrogen (secondary N) is 2. The minimum Gasteiger partial charge on any atom is -0.396 e. The van der Waals surface area contributed by atoms with Crippen molar-refractivity contribution in [2.24, 2.45) is 5.41 Å². The standard InChI is InChI=1S/C13H20N2O3S/c1-13(2,9-16)8-15-11(17)5-6-14-12(18)10-4-3-7-19-10/h3-4,7,16H,5-6,8-9H2,1-2H3,(H,14,18)(H,15,17). The molecule has 1 aromatic rings. The molecule has 1 rings (SSSR count). The normalized spacial score (nSPS) is 11.1. The highest BCUT2D eigenvalue weighted by atomic mass is 32.1. The first-order valence-electron chi connectivity index (χ1n) is 6.14. The van der Waals surface area contributed by atoms with Gasteiger partial charge >= 0.3 is 0 Å². The van der Waals surface area contributed by atoms with Gasteiger partial charge in [0.15, 0.2) is 0 Å². The van der Waals surface area contributed by atoms with E-state index in [1.54, 1.807) is 6.07 Å². The molecule has 0 aliphatic heterocycles. The second-order valence-corrected chi connectivity index (χ2v) is 6.03. The number of hydrogen-bond acceptors (Lipinski definition) is 4. The SMILES string of the molecule is CC(C)(CO)CNC(=O)CCNC(=O)c1cccs1. The molecule has 0 saturated carbocycles. The van der Waals surface area contributed by atoms with Gasteiger partial charge in [0, 0.05) is 31.5 Å². The van der Waals surface area contributed by atoms with E-state index in [1.807, 2.05) is 25.3 Å². The second-order valence-electron chi connectivity index (χ2n) is 5.08. The van der Waals surface area contributed by atoms with Crippen LogP contribution in [0.15, 0.2) is 17.5 Å². The summed E-state index contributed by atoms with van der Waals surface area (Å²) < 4.78 is 0. The Balaban J connectivity index is 2.19. The number of thiophene rings is 1. The van der Waals surface area contributed by atoms with Crippen LogP contribution in [0.3, 0.4) is 0 Å². The molecule has 0 unspecified atom stereocenters. The zero-order valence-corrected chi connectivity index (χ0v) is 12.0. The number of rotatable bonds is 7. The minimum absolute atomic E-state index is 0.0163. The lowest BCUT2D eigenvalue weighted by Crippen LogP contribution is -2.37. The fourth-order valence-corrected chi connectivity index (χ4v) is 1.91. The van der Waals surface area contributed by atoms with Gasteiger partial charge in [-0.3, -0.25) is 9.59 Å². The van der Waals surface area contributed by atoms with Crippen molar-refractivity contribution in [2.45, 2.75) is 20.3 Å². The predicted molar refractivity (Wildman–Crippen MR) is 75.1 cm³/mol. The van der Waals surface area contributed by atoms with Crippen molar-refractivity contribution < 1.29 is 14.7 Å². The lowest BCUT2D eigenvalue weighted by Gasteiger charge is -2.21. The van der Waals surface area contributed by atoms with Crippen LogP contribution < -0.4 is 10.6 Å². The van der Waals surface area contributed by atoms with Gasteiger partial charge in [-0.15, -0.1) is 11.3 Å². The molecule has 0 fully saturated rings. The van der Waals surface area contributed by atoms with E-state index in [9.17, 15) is 9.59 Å². The third-order valence-electron chi connectivity index (χ3n) is 2.57. The molecule has 0 aliphatic carbocycles. The van der Waals surface area contributed by atoms with Crippen molar-refractivity contribution in [3.8, 4) is 0 Å². The molecule has 19 heavy (non-hydrogen) atoms. The monoisotopic (exact) mass is 284 g/mol. The van der Waals surface area contributed by atoms with Crippen molar-refractivity contribution in [1.82, 2.24) is 10.6 Å². The van der Waals surface area contributed by atoms with E-state index in [-0.39, 0.29) is 30.3 Å². The average molecular weight is 284 g/mol. The topological polar surface area (TPSA) is 78.4 Å². The fourth-order valence-electron chi connectivity index (χ4n) is 1.27. The van der Waals surface area contributed by atoms with Gasteiger partial charge in [-0.05, 0) is 11.4 Å². The number of carbonyl (C=O) groups is 2. The Kier molecular flexibility index (Phi) is 5.98. The Morgan fingerprint density at radius 2 is 2.11 bits per heavy atom. The third-order valence-corrected chi connectivity index (χ3v) is 3.44. The van der Waals surface area contributed by atoms with Crippen LogP contribution in [0.4, 0.5) is 0 Å². The van der Waals surface area contributed by atoms with E-state index < -0.39 is 0 Å². The van der Waals surface area contributed by atoms with Crippen LogP contribution in [0.2, 0.25) is 0 Å². The summed E-state index contributed by atoms with van der Waals surface area (Å²) in [7, 11) is 0. The minimum atomic E-state index is -0.324. The third kappa shape index (κ3) is 5.85. The van der Waals surface area contributed by atoms with Crippen LogP contribution in [-0.2, 0) is 4.79 Å². The van der Waals surface area contributed by atoms with Crippen LogP contribution in [-0.4, -0.2) is 36.6 Å². The summed E-state index contributed by atoms with van der Waals surface area (Å²) in [4.78, 5) is 23.8. The number of aliphatic hydroxyl groups excluding tert-OH is 1. The summed E-state index contributed by atoms with van der Waals surface area (Å²) in [5, 5.41) is 16.3. The van der Waals surface area contributed by atoms with Crippen molar-refractivity contribution in [3.05, 3.63) is 22.4 Å². The highest BCUT2D eigenvalue weighted by Crippen LogP contribution is 2.11. The van der Waals surface area contributed by atoms with E-state index in [2.05, 4.69) is 10.6 Å². The van der Waals surface area contributed by atoms with E-state index in [0.717, 1.165) is 0 Å². The van der Waals surface area contributed by atoms with Crippen molar-refractivity contribution in [1.29, 1.82) is 0 Å². The molecule has 0 aromatic carbocycles. The molecule has 0 spiro atoms. The summed E-state index contributed by atoms with van der Waals surface area (Å²) in [6.07, 6.45) is 0.235. The molecule has 1 heterocycles. The molecule has 3 N–H and O–H groups in total. The predicted octanol–water partition coefficient (Wildman–Crippen LogP) is 1.00. The lowest BCUT2D eigenvalue weighted by atomic mass is 9.95. The fraction of sp³-hybridized carbons (Fsp3) is 0.538. The van der Waals surface area contributed by atoms with Crippen molar-refractivity contribution in [3.63, 3.8) is 0 Å². The molecule has 6 heteroatoms. The van der Waals surface area contributed by atoms with Gasteiger partial charge < -0.3 is 15.7 Å². The zero-order chi connectivity index (χ0) is 14.3. The number of hydrogen-bond donors (Lipinski definition) is 3. The summed E-state index contributed by atoms with van der Waals surface area (Å²) in [6.45, 7) is 4.48. The summed E-state index contributed by atoms with van der Waals surface area (Å²) in [5.41, 5.74) is -0.324. The van der Waals surface area contributed by atoms with E-state index in [1.165, 1.54) is 11.3 Å². The molecule has 0 bridgehead atoms. The maximum Gasteiger partial charge on any atom is 0.261 e. The lowest BCUT2D eigenvalue weighted by molar-refractivity contribution is -0.121.